The summed E-state index contributed by atoms with van der Waals surface area (Å²) < 4.78 is 1.03. The average Bonchev–Trinajstić information content (AvgIpc) is 3.22. The van der Waals surface area contributed by atoms with Crippen molar-refractivity contribution in [1.82, 2.24) is 19.6 Å². The van der Waals surface area contributed by atoms with E-state index in [9.17, 15) is 69.6 Å². The highest BCUT2D eigenvalue weighted by Gasteiger charge is 2.34. The van der Waals surface area contributed by atoms with E-state index in [1.165, 1.54) is 44.9 Å². The first-order chi connectivity index (χ1) is 28.4. The molecule has 20 nitrogen and oxygen atoms in total. The number of carbonyl (C=O) groups excluding carboxylic acids is 6. The minimum atomic E-state index is -1.82. The number of nitrogens with zero attached hydrogens (tertiary/aromatic N) is 4. The molecule has 0 saturated heterocycles. The highest BCUT2D eigenvalue weighted by molar-refractivity contribution is 14.1. The molecule has 61 heavy (non-hydrogen) atoms. The fourth-order valence-corrected chi connectivity index (χ4v) is 12.6. The summed E-state index contributed by atoms with van der Waals surface area (Å²) in [6, 6.07) is 0. The van der Waals surface area contributed by atoms with Crippen LogP contribution < -0.4 is 10.6 Å². The van der Waals surface area contributed by atoms with E-state index in [1.54, 1.807) is 0 Å². The number of amides is 6. The van der Waals surface area contributed by atoms with Gasteiger partial charge in [-0.2, -0.15) is 0 Å². The third-order valence-electron chi connectivity index (χ3n) is 9.01. The van der Waals surface area contributed by atoms with Gasteiger partial charge in [-0.1, -0.05) is 0 Å². The zero-order valence-corrected chi connectivity index (χ0v) is 44.2. The van der Waals surface area contributed by atoms with Gasteiger partial charge in [0.15, 0.2) is 12.2 Å². The van der Waals surface area contributed by atoms with Gasteiger partial charge < -0.3 is 71.1 Å². The summed E-state index contributed by atoms with van der Waals surface area (Å²) >= 11 is 9.12. The van der Waals surface area contributed by atoms with E-state index < -0.39 is 86.3 Å². The Morgan fingerprint density at radius 2 is 0.803 bits per heavy atom. The number of nitrogens with one attached hydrogen (secondary N) is 2. The number of hydrogen-bond acceptors (Lipinski definition) is 14. The molecule has 4 atom stereocenters. The number of aliphatic hydroxyl groups is 8. The molecular weight excluding hydrogens is 1370 g/mol. The smallest absolute Gasteiger partial charge is 0.255 e. The van der Waals surface area contributed by atoms with Crippen LogP contribution in [0, 0.1) is 24.8 Å². The number of aliphatic hydroxyl groups excluding tert-OH is 8. The maximum Gasteiger partial charge on any atom is 0.255 e. The van der Waals surface area contributed by atoms with Crippen molar-refractivity contribution in [2.45, 2.75) is 37.8 Å². The standard InChI is InChI=1S/C36H47I5N6O14/c1-15-20(24(37)21(35(60)46(4)9-16(52)11-48)26(39)29(15)42-31(56)18(54)13-50)33(58)44(2)7-6-8-45(3)34(59)22-25(38)23(36(61)47(5)10-17(53)12-49)28(41)30(27(22)40)43-32(57)19(55)14-51/h16-19,48-55H,6-14H2,1-5H3,(H,42,56)(H,43,57). The van der Waals surface area contributed by atoms with Crippen LogP contribution in [-0.4, -0.2) is 201 Å². The van der Waals surface area contributed by atoms with E-state index in [4.69, 9.17) is 0 Å². The Morgan fingerprint density at radius 3 is 1.16 bits per heavy atom. The average molecular weight is 1420 g/mol. The second-order valence-electron chi connectivity index (χ2n) is 13.7. The summed E-state index contributed by atoms with van der Waals surface area (Å²) in [7, 11) is 5.73. The third kappa shape index (κ3) is 13.8. The van der Waals surface area contributed by atoms with Gasteiger partial charge in [0.1, 0.15) is 0 Å². The largest absolute Gasteiger partial charge is 0.394 e. The molecular formula is C36H47I5N6O14. The van der Waals surface area contributed by atoms with Crippen molar-refractivity contribution < 1.29 is 69.6 Å². The lowest BCUT2D eigenvalue weighted by atomic mass is 10.00. The molecule has 0 aliphatic rings. The van der Waals surface area contributed by atoms with E-state index in [2.05, 4.69) is 10.6 Å². The Balaban J connectivity index is 2.55. The number of halogens is 5. The van der Waals surface area contributed by atoms with Crippen LogP contribution in [-0.2, 0) is 9.59 Å². The number of benzene rings is 2. The van der Waals surface area contributed by atoms with E-state index in [-0.39, 0.29) is 89.6 Å². The van der Waals surface area contributed by atoms with Crippen molar-refractivity contribution in [1.29, 1.82) is 0 Å². The van der Waals surface area contributed by atoms with Crippen molar-refractivity contribution in [2.24, 2.45) is 0 Å². The lowest BCUT2D eigenvalue weighted by Crippen LogP contribution is -2.38. The summed E-state index contributed by atoms with van der Waals surface area (Å²) in [4.78, 5) is 86.3. The highest BCUT2D eigenvalue weighted by atomic mass is 127. The number of anilines is 2. The van der Waals surface area contributed by atoms with Gasteiger partial charge in [-0.3, -0.25) is 28.8 Å². The number of carbonyl (C=O) groups is 6. The molecule has 2 rings (SSSR count). The fourth-order valence-electron chi connectivity index (χ4n) is 5.54. The lowest BCUT2D eigenvalue weighted by molar-refractivity contribution is -0.126. The quantitative estimate of drug-likeness (QED) is 0.0762. The molecule has 10 N–H and O–H groups in total. The van der Waals surface area contributed by atoms with Crippen LogP contribution in [0.1, 0.15) is 53.4 Å². The molecule has 2 aromatic rings. The van der Waals surface area contributed by atoms with Gasteiger partial charge in [-0.15, -0.1) is 0 Å². The zero-order valence-electron chi connectivity index (χ0n) is 33.4. The number of likely N-dealkylation sites (N-methyl/N-ethyl adjacent to an activating group) is 2. The van der Waals surface area contributed by atoms with Gasteiger partial charge in [0, 0.05) is 61.5 Å². The molecule has 0 aliphatic carbocycles. The zero-order chi connectivity index (χ0) is 46.8. The van der Waals surface area contributed by atoms with Gasteiger partial charge >= 0.3 is 0 Å². The minimum absolute atomic E-state index is 0.00733. The minimum Gasteiger partial charge on any atom is -0.394 e. The molecule has 0 aromatic heterocycles. The predicted molar refractivity (Wildman–Crippen MR) is 263 cm³/mol. The van der Waals surface area contributed by atoms with Gasteiger partial charge in [-0.05, 0) is 132 Å². The first kappa shape index (κ1) is 55.7. The molecule has 0 bridgehead atoms. The van der Waals surface area contributed by atoms with Crippen molar-refractivity contribution >= 4 is 160 Å². The summed E-state index contributed by atoms with van der Waals surface area (Å²) in [6.07, 6.45) is -5.96. The molecule has 25 heteroatoms. The summed E-state index contributed by atoms with van der Waals surface area (Å²) in [5.41, 5.74) is 0.300. The highest BCUT2D eigenvalue weighted by Crippen LogP contribution is 2.38. The van der Waals surface area contributed by atoms with Gasteiger partial charge in [0.05, 0.1) is 83.0 Å². The number of rotatable bonds is 20. The Kier molecular flexibility index (Phi) is 23.1. The maximum atomic E-state index is 14.2. The third-order valence-corrected chi connectivity index (χ3v) is 14.4. The second kappa shape index (κ2) is 25.3. The van der Waals surface area contributed by atoms with Gasteiger partial charge in [0.2, 0.25) is 0 Å². The van der Waals surface area contributed by atoms with Gasteiger partial charge in [0.25, 0.3) is 35.4 Å². The van der Waals surface area contributed by atoms with Crippen molar-refractivity contribution in [3.05, 3.63) is 45.7 Å². The fraction of sp³-hybridized carbons (Fsp3) is 0.500. The van der Waals surface area contributed by atoms with Crippen LogP contribution in [0.5, 0.6) is 0 Å². The lowest BCUT2D eigenvalue weighted by Gasteiger charge is -2.27. The van der Waals surface area contributed by atoms with Crippen LogP contribution in [0.15, 0.2) is 0 Å². The first-order valence-corrected chi connectivity index (χ1v) is 23.3. The monoisotopic (exact) mass is 1420 g/mol. The Labute approximate surface area is 419 Å². The topological polar surface area (TPSA) is 301 Å². The molecule has 6 amide bonds. The van der Waals surface area contributed by atoms with Crippen LogP contribution in [0.3, 0.4) is 0 Å². The first-order valence-electron chi connectivity index (χ1n) is 17.9. The molecule has 2 aromatic carbocycles. The van der Waals surface area contributed by atoms with Crippen LogP contribution in [0.4, 0.5) is 11.4 Å². The molecule has 0 aliphatic heterocycles. The molecule has 0 spiro atoms. The molecule has 0 radical (unpaired) electrons. The SMILES string of the molecule is Cc1c(NC(=O)C(O)CO)c(I)c(C(=O)N(C)CC(O)CO)c(I)c1C(=O)N(C)CCCN(C)C(=O)c1c(I)c(NC(=O)C(O)CO)c(I)c(C(=O)N(C)CC(O)CO)c1I. The van der Waals surface area contributed by atoms with Crippen LogP contribution >= 0.6 is 113 Å². The molecule has 340 valence electrons. The van der Waals surface area contributed by atoms with Crippen LogP contribution in [0.2, 0.25) is 0 Å². The van der Waals surface area contributed by atoms with E-state index >= 15 is 0 Å². The second-order valence-corrected chi connectivity index (χ2v) is 19.1. The van der Waals surface area contributed by atoms with E-state index in [0.29, 0.717) is 0 Å². The van der Waals surface area contributed by atoms with Crippen LogP contribution in [0.25, 0.3) is 0 Å². The van der Waals surface area contributed by atoms with E-state index in [1.807, 2.05) is 113 Å². The van der Waals surface area contributed by atoms with Gasteiger partial charge in [-0.25, -0.2) is 0 Å². The molecule has 4 unspecified atom stereocenters. The molecule has 0 saturated carbocycles. The summed E-state index contributed by atoms with van der Waals surface area (Å²) in [6.45, 7) is -1.93. The Morgan fingerprint density at radius 1 is 0.492 bits per heavy atom. The molecule has 0 heterocycles. The van der Waals surface area contributed by atoms with E-state index in [0.717, 1.165) is 9.80 Å². The van der Waals surface area contributed by atoms with Crippen molar-refractivity contribution in [3.63, 3.8) is 0 Å². The molecule has 0 fully saturated rings. The predicted octanol–water partition coefficient (Wildman–Crippen LogP) is -0.314. The normalized spacial score (nSPS) is 13.1. The Hall–Kier alpha value is -1.41. The summed E-state index contributed by atoms with van der Waals surface area (Å²) in [5.74, 6) is -4.46. The number of hydrogen-bond donors (Lipinski definition) is 10. The van der Waals surface area contributed by atoms with Crippen molar-refractivity contribution in [3.8, 4) is 0 Å². The Bertz CT molecular complexity index is 1860. The van der Waals surface area contributed by atoms with Crippen molar-refractivity contribution in [2.75, 3.05) is 91.4 Å². The maximum absolute atomic E-state index is 14.2. The summed E-state index contributed by atoms with van der Waals surface area (Å²) in [5, 5.41) is 82.3.